The molecule has 1 N–H and O–H groups in total. The summed E-state index contributed by atoms with van der Waals surface area (Å²) >= 11 is 0. The molecule has 2 heterocycles. The van der Waals surface area contributed by atoms with Gasteiger partial charge in [0, 0.05) is 31.6 Å². The van der Waals surface area contributed by atoms with Crippen molar-refractivity contribution in [2.24, 2.45) is 0 Å². The van der Waals surface area contributed by atoms with Crippen molar-refractivity contribution in [2.45, 2.75) is 26.2 Å². The van der Waals surface area contributed by atoms with Crippen LogP contribution in [-0.2, 0) is 6.42 Å². The number of ether oxygens (including phenoxy) is 2. The highest BCUT2D eigenvalue weighted by atomic mass is 16.5. The Morgan fingerprint density at radius 1 is 1.00 bits per heavy atom. The van der Waals surface area contributed by atoms with Gasteiger partial charge in [-0.25, -0.2) is 0 Å². The molecule has 30 heavy (non-hydrogen) atoms. The smallest absolute Gasteiger partial charge is 0.161 e. The third-order valence-corrected chi connectivity index (χ3v) is 5.88. The summed E-state index contributed by atoms with van der Waals surface area (Å²) in [7, 11) is 1.70. The first-order chi connectivity index (χ1) is 14.8. The van der Waals surface area contributed by atoms with Crippen molar-refractivity contribution in [3.8, 4) is 11.5 Å². The number of benzene rings is 2. The largest absolute Gasteiger partial charge is 0.493 e. The number of fused-ring (bicyclic) bond motifs is 1. The second-order valence-corrected chi connectivity index (χ2v) is 7.82. The van der Waals surface area contributed by atoms with E-state index < -0.39 is 0 Å². The van der Waals surface area contributed by atoms with Gasteiger partial charge in [-0.3, -0.25) is 10.00 Å². The first kappa shape index (κ1) is 20.5. The molecule has 0 radical (unpaired) electrons. The van der Waals surface area contributed by atoms with Gasteiger partial charge in [0.2, 0.25) is 0 Å². The van der Waals surface area contributed by atoms with Gasteiger partial charge in [-0.1, -0.05) is 25.1 Å². The number of anilines is 1. The molecule has 1 saturated heterocycles. The molecular weight excluding hydrogens is 376 g/mol. The topological polar surface area (TPSA) is 53.6 Å². The van der Waals surface area contributed by atoms with E-state index in [9.17, 15) is 0 Å². The molecule has 1 aliphatic rings. The summed E-state index contributed by atoms with van der Waals surface area (Å²) in [6.45, 7) is 8.18. The van der Waals surface area contributed by atoms with Crippen LogP contribution in [0.15, 0.2) is 42.5 Å². The predicted molar refractivity (Wildman–Crippen MR) is 122 cm³/mol. The molecule has 0 saturated carbocycles. The van der Waals surface area contributed by atoms with Crippen molar-refractivity contribution in [1.82, 2.24) is 15.1 Å². The third kappa shape index (κ3) is 4.70. The van der Waals surface area contributed by atoms with Crippen LogP contribution in [0.1, 0.15) is 25.3 Å². The Bertz CT molecular complexity index is 947. The third-order valence-electron chi connectivity index (χ3n) is 5.88. The predicted octanol–water partition coefficient (Wildman–Crippen LogP) is 4.12. The summed E-state index contributed by atoms with van der Waals surface area (Å²) in [4.78, 5) is 4.94. The SMILES string of the molecule is CCc1ccc(OCCCCN2CCN(c3n[nH]c4ccccc34)CC2)c(OC)c1. The van der Waals surface area contributed by atoms with Gasteiger partial charge in [0.1, 0.15) is 0 Å². The monoisotopic (exact) mass is 408 g/mol. The first-order valence-electron chi connectivity index (χ1n) is 11.0. The number of nitrogens with one attached hydrogen (secondary N) is 1. The van der Waals surface area contributed by atoms with E-state index in [0.717, 1.165) is 81.4 Å². The Balaban J connectivity index is 1.18. The summed E-state index contributed by atoms with van der Waals surface area (Å²) in [5.74, 6) is 2.76. The van der Waals surface area contributed by atoms with Crippen LogP contribution in [0.3, 0.4) is 0 Å². The van der Waals surface area contributed by atoms with Crippen LogP contribution in [0.25, 0.3) is 10.9 Å². The van der Waals surface area contributed by atoms with Crippen LogP contribution in [-0.4, -0.2) is 61.5 Å². The fourth-order valence-electron chi connectivity index (χ4n) is 4.04. The molecule has 0 atom stereocenters. The van der Waals surface area contributed by atoms with E-state index in [-0.39, 0.29) is 0 Å². The summed E-state index contributed by atoms with van der Waals surface area (Å²) in [6, 6.07) is 14.5. The molecular formula is C24H32N4O2. The highest BCUT2D eigenvalue weighted by Crippen LogP contribution is 2.28. The number of nitrogens with zero attached hydrogens (tertiary/aromatic N) is 3. The maximum atomic E-state index is 5.96. The first-order valence-corrected chi connectivity index (χ1v) is 11.0. The lowest BCUT2D eigenvalue weighted by atomic mass is 10.1. The molecule has 160 valence electrons. The maximum absolute atomic E-state index is 5.96. The molecule has 0 unspecified atom stereocenters. The van der Waals surface area contributed by atoms with Crippen molar-refractivity contribution in [2.75, 3.05) is 51.3 Å². The minimum atomic E-state index is 0.723. The van der Waals surface area contributed by atoms with Gasteiger partial charge in [0.25, 0.3) is 0 Å². The number of piperazine rings is 1. The van der Waals surface area contributed by atoms with Gasteiger partial charge >= 0.3 is 0 Å². The van der Waals surface area contributed by atoms with E-state index in [0.29, 0.717) is 0 Å². The number of rotatable bonds is 9. The quantitative estimate of drug-likeness (QED) is 0.540. The number of hydrogen-bond donors (Lipinski definition) is 1. The van der Waals surface area contributed by atoms with Gasteiger partial charge in [0.05, 0.1) is 19.2 Å². The van der Waals surface area contributed by atoms with Crippen molar-refractivity contribution in [3.63, 3.8) is 0 Å². The van der Waals surface area contributed by atoms with Crippen molar-refractivity contribution < 1.29 is 9.47 Å². The zero-order chi connectivity index (χ0) is 20.8. The van der Waals surface area contributed by atoms with Gasteiger partial charge in [-0.2, -0.15) is 5.10 Å². The zero-order valence-electron chi connectivity index (χ0n) is 18.1. The normalized spacial score (nSPS) is 14.9. The van der Waals surface area contributed by atoms with E-state index in [1.165, 1.54) is 10.9 Å². The van der Waals surface area contributed by atoms with E-state index >= 15 is 0 Å². The van der Waals surface area contributed by atoms with Crippen LogP contribution in [0, 0.1) is 0 Å². The Hall–Kier alpha value is -2.73. The van der Waals surface area contributed by atoms with Gasteiger partial charge in [-0.15, -0.1) is 0 Å². The molecule has 0 bridgehead atoms. The minimum absolute atomic E-state index is 0.723. The number of methoxy groups -OCH3 is 1. The average Bonchev–Trinajstić information content (AvgIpc) is 3.23. The van der Waals surface area contributed by atoms with Gasteiger partial charge < -0.3 is 14.4 Å². The minimum Gasteiger partial charge on any atom is -0.493 e. The highest BCUT2D eigenvalue weighted by molar-refractivity contribution is 5.90. The van der Waals surface area contributed by atoms with Crippen molar-refractivity contribution >= 4 is 16.7 Å². The molecule has 4 rings (SSSR count). The fraction of sp³-hybridized carbons (Fsp3) is 0.458. The Morgan fingerprint density at radius 3 is 2.63 bits per heavy atom. The second kappa shape index (κ2) is 9.85. The molecule has 0 aliphatic carbocycles. The standard InChI is InChI=1S/C24H32N4O2/c1-3-19-10-11-22(23(18-19)29-2)30-17-7-6-12-27-13-15-28(16-14-27)24-20-8-4-5-9-21(20)25-26-24/h4-5,8-11,18H,3,6-7,12-17H2,1-2H3,(H,25,26). The lowest BCUT2D eigenvalue weighted by Gasteiger charge is -2.35. The Morgan fingerprint density at radius 2 is 1.83 bits per heavy atom. The summed E-state index contributed by atoms with van der Waals surface area (Å²) in [5, 5.41) is 8.90. The highest BCUT2D eigenvalue weighted by Gasteiger charge is 2.20. The molecule has 1 aromatic heterocycles. The van der Waals surface area contributed by atoms with Gasteiger partial charge in [-0.05, 0) is 55.6 Å². The zero-order valence-corrected chi connectivity index (χ0v) is 18.1. The summed E-state index contributed by atoms with van der Waals surface area (Å²) in [5.41, 5.74) is 2.37. The number of aromatic amines is 1. The molecule has 0 amide bonds. The molecule has 0 spiro atoms. The number of unbranched alkanes of at least 4 members (excludes halogenated alkanes) is 1. The molecule has 3 aromatic rings. The van der Waals surface area contributed by atoms with Crippen LogP contribution in [0.5, 0.6) is 11.5 Å². The Kier molecular flexibility index (Phi) is 6.74. The van der Waals surface area contributed by atoms with E-state index in [1.807, 2.05) is 12.1 Å². The summed E-state index contributed by atoms with van der Waals surface area (Å²) < 4.78 is 11.4. The van der Waals surface area contributed by atoms with Crippen molar-refractivity contribution in [3.05, 3.63) is 48.0 Å². The van der Waals surface area contributed by atoms with Crippen LogP contribution < -0.4 is 14.4 Å². The lowest BCUT2D eigenvalue weighted by Crippen LogP contribution is -2.46. The molecule has 6 nitrogen and oxygen atoms in total. The second-order valence-electron chi connectivity index (χ2n) is 7.82. The average molecular weight is 409 g/mol. The van der Waals surface area contributed by atoms with E-state index in [2.05, 4.69) is 57.3 Å². The number of hydrogen-bond acceptors (Lipinski definition) is 5. The van der Waals surface area contributed by atoms with Crippen LogP contribution in [0.4, 0.5) is 5.82 Å². The number of para-hydroxylation sites is 1. The van der Waals surface area contributed by atoms with E-state index in [4.69, 9.17) is 9.47 Å². The fourth-order valence-corrected chi connectivity index (χ4v) is 4.04. The molecule has 2 aromatic carbocycles. The molecule has 1 fully saturated rings. The van der Waals surface area contributed by atoms with E-state index in [1.54, 1.807) is 7.11 Å². The van der Waals surface area contributed by atoms with Crippen LogP contribution >= 0.6 is 0 Å². The van der Waals surface area contributed by atoms with Gasteiger partial charge in [0.15, 0.2) is 17.3 Å². The molecule has 1 aliphatic heterocycles. The number of aromatic nitrogens is 2. The Labute approximate surface area is 178 Å². The molecule has 6 heteroatoms. The maximum Gasteiger partial charge on any atom is 0.161 e. The number of H-pyrrole nitrogens is 1. The van der Waals surface area contributed by atoms with Crippen LogP contribution in [0.2, 0.25) is 0 Å². The number of aryl methyl sites for hydroxylation is 1. The van der Waals surface area contributed by atoms with Crippen molar-refractivity contribution in [1.29, 1.82) is 0 Å². The lowest BCUT2D eigenvalue weighted by molar-refractivity contribution is 0.235. The summed E-state index contributed by atoms with van der Waals surface area (Å²) in [6.07, 6.45) is 3.18.